The van der Waals surface area contributed by atoms with E-state index in [4.69, 9.17) is 0 Å². The van der Waals surface area contributed by atoms with Crippen molar-refractivity contribution in [2.24, 2.45) is 10.9 Å². The Morgan fingerprint density at radius 2 is 1.88 bits per heavy atom. The van der Waals surface area contributed by atoms with E-state index < -0.39 is 0 Å². The number of hydrogen-bond acceptors (Lipinski definition) is 1. The Labute approximate surface area is 101 Å². The number of guanidine groups is 1. The summed E-state index contributed by atoms with van der Waals surface area (Å²) in [7, 11) is 0. The lowest BCUT2D eigenvalue weighted by Crippen LogP contribution is -2.37. The van der Waals surface area contributed by atoms with Gasteiger partial charge in [-0.15, -0.1) is 0 Å². The molecule has 0 unspecified atom stereocenters. The van der Waals surface area contributed by atoms with Crippen LogP contribution in [0.2, 0.25) is 0 Å². The molecule has 0 aromatic heterocycles. The molecule has 0 aromatic carbocycles. The maximum Gasteiger partial charge on any atom is 0.191 e. The van der Waals surface area contributed by atoms with Gasteiger partial charge < -0.3 is 10.6 Å². The monoisotopic (exact) mass is 227 g/mol. The SMILES string of the molecule is CCCCNC(=NCCCC(C)C)NCC. The molecule has 3 heteroatoms. The molecule has 0 aliphatic heterocycles. The lowest BCUT2D eigenvalue weighted by atomic mass is 10.1. The van der Waals surface area contributed by atoms with E-state index in [2.05, 4.69) is 43.3 Å². The van der Waals surface area contributed by atoms with Crippen LogP contribution in [-0.4, -0.2) is 25.6 Å². The van der Waals surface area contributed by atoms with E-state index >= 15 is 0 Å². The van der Waals surface area contributed by atoms with Crippen LogP contribution in [0.3, 0.4) is 0 Å². The molecule has 0 aliphatic rings. The van der Waals surface area contributed by atoms with Crippen molar-refractivity contribution < 1.29 is 0 Å². The number of rotatable bonds is 8. The molecular formula is C13H29N3. The first kappa shape index (κ1) is 15.3. The zero-order chi connectivity index (χ0) is 12.2. The van der Waals surface area contributed by atoms with E-state index in [1.54, 1.807) is 0 Å². The summed E-state index contributed by atoms with van der Waals surface area (Å²) >= 11 is 0. The second-order valence-electron chi connectivity index (χ2n) is 4.58. The summed E-state index contributed by atoms with van der Waals surface area (Å²) in [5.74, 6) is 1.76. The highest BCUT2D eigenvalue weighted by atomic mass is 15.2. The molecule has 96 valence electrons. The van der Waals surface area contributed by atoms with Gasteiger partial charge in [-0.1, -0.05) is 27.2 Å². The van der Waals surface area contributed by atoms with E-state index in [-0.39, 0.29) is 0 Å². The number of aliphatic imine (C=N–C) groups is 1. The number of hydrogen-bond donors (Lipinski definition) is 2. The Kier molecular flexibility index (Phi) is 10.3. The maximum absolute atomic E-state index is 4.55. The summed E-state index contributed by atoms with van der Waals surface area (Å²) in [4.78, 5) is 4.55. The van der Waals surface area contributed by atoms with Crippen LogP contribution in [0.1, 0.15) is 53.4 Å². The number of unbranched alkanes of at least 4 members (excludes halogenated alkanes) is 1. The molecule has 0 fully saturated rings. The molecular weight excluding hydrogens is 198 g/mol. The van der Waals surface area contributed by atoms with Crippen LogP contribution in [0.15, 0.2) is 4.99 Å². The third-order valence-electron chi connectivity index (χ3n) is 2.38. The van der Waals surface area contributed by atoms with Gasteiger partial charge in [0.05, 0.1) is 0 Å². The van der Waals surface area contributed by atoms with E-state index in [1.165, 1.54) is 25.7 Å². The minimum Gasteiger partial charge on any atom is -0.357 e. The van der Waals surface area contributed by atoms with Gasteiger partial charge in [-0.25, -0.2) is 0 Å². The van der Waals surface area contributed by atoms with Gasteiger partial charge in [-0.05, 0) is 32.1 Å². The fourth-order valence-electron chi connectivity index (χ4n) is 1.42. The summed E-state index contributed by atoms with van der Waals surface area (Å²) in [5, 5.41) is 6.62. The zero-order valence-corrected chi connectivity index (χ0v) is 11.5. The van der Waals surface area contributed by atoms with Crippen molar-refractivity contribution in [2.45, 2.75) is 53.4 Å². The van der Waals surface area contributed by atoms with E-state index in [9.17, 15) is 0 Å². The molecule has 0 amide bonds. The lowest BCUT2D eigenvalue weighted by molar-refractivity contribution is 0.560. The van der Waals surface area contributed by atoms with E-state index in [0.29, 0.717) is 0 Å². The smallest absolute Gasteiger partial charge is 0.191 e. The fraction of sp³-hybridized carbons (Fsp3) is 0.923. The van der Waals surface area contributed by atoms with Crippen LogP contribution in [0.4, 0.5) is 0 Å². The molecule has 0 atom stereocenters. The first-order valence-corrected chi connectivity index (χ1v) is 6.72. The van der Waals surface area contributed by atoms with Crippen LogP contribution < -0.4 is 10.6 Å². The molecule has 0 bridgehead atoms. The summed E-state index contributed by atoms with van der Waals surface area (Å²) in [6.07, 6.45) is 4.87. The Morgan fingerprint density at radius 1 is 1.12 bits per heavy atom. The average molecular weight is 227 g/mol. The van der Waals surface area contributed by atoms with Crippen molar-refractivity contribution in [1.29, 1.82) is 0 Å². The summed E-state index contributed by atoms with van der Waals surface area (Å²) < 4.78 is 0. The Bertz CT molecular complexity index is 176. The predicted octanol–water partition coefficient (Wildman–Crippen LogP) is 2.78. The fourth-order valence-corrected chi connectivity index (χ4v) is 1.42. The third kappa shape index (κ3) is 9.81. The van der Waals surface area contributed by atoms with Crippen LogP contribution in [0.25, 0.3) is 0 Å². The minimum absolute atomic E-state index is 0.783. The van der Waals surface area contributed by atoms with Gasteiger partial charge in [0, 0.05) is 19.6 Å². The molecule has 0 saturated heterocycles. The highest BCUT2D eigenvalue weighted by Gasteiger charge is 1.96. The normalized spacial score (nSPS) is 11.9. The topological polar surface area (TPSA) is 36.4 Å². The van der Waals surface area contributed by atoms with Crippen molar-refractivity contribution >= 4 is 5.96 Å². The van der Waals surface area contributed by atoms with Crippen LogP contribution >= 0.6 is 0 Å². The number of nitrogens with one attached hydrogen (secondary N) is 2. The van der Waals surface area contributed by atoms with Crippen LogP contribution in [-0.2, 0) is 0 Å². The molecule has 0 aliphatic carbocycles. The van der Waals surface area contributed by atoms with Gasteiger partial charge in [0.1, 0.15) is 0 Å². The second-order valence-corrected chi connectivity index (χ2v) is 4.58. The van der Waals surface area contributed by atoms with E-state index in [1.807, 2.05) is 0 Å². The quantitative estimate of drug-likeness (QED) is 0.380. The predicted molar refractivity (Wildman–Crippen MR) is 73.0 cm³/mol. The van der Waals surface area contributed by atoms with Gasteiger partial charge in [0.25, 0.3) is 0 Å². The molecule has 0 spiro atoms. The first-order valence-electron chi connectivity index (χ1n) is 6.72. The van der Waals surface area contributed by atoms with E-state index in [0.717, 1.165) is 31.5 Å². The molecule has 16 heavy (non-hydrogen) atoms. The lowest BCUT2D eigenvalue weighted by Gasteiger charge is -2.10. The van der Waals surface area contributed by atoms with Gasteiger partial charge in [-0.2, -0.15) is 0 Å². The molecule has 0 radical (unpaired) electrons. The van der Waals surface area contributed by atoms with Crippen molar-refractivity contribution in [2.75, 3.05) is 19.6 Å². The van der Waals surface area contributed by atoms with Crippen LogP contribution in [0.5, 0.6) is 0 Å². The Hall–Kier alpha value is -0.730. The van der Waals surface area contributed by atoms with Crippen molar-refractivity contribution in [3.8, 4) is 0 Å². The first-order chi connectivity index (χ1) is 7.70. The molecule has 0 saturated carbocycles. The molecule has 0 heterocycles. The van der Waals surface area contributed by atoms with Crippen LogP contribution in [0, 0.1) is 5.92 Å². The largest absolute Gasteiger partial charge is 0.357 e. The number of nitrogens with zero attached hydrogens (tertiary/aromatic N) is 1. The summed E-state index contributed by atoms with van der Waals surface area (Å²) in [6.45, 7) is 11.7. The third-order valence-corrected chi connectivity index (χ3v) is 2.38. The zero-order valence-electron chi connectivity index (χ0n) is 11.5. The highest BCUT2D eigenvalue weighted by Crippen LogP contribution is 2.02. The van der Waals surface area contributed by atoms with Gasteiger partial charge in [-0.3, -0.25) is 4.99 Å². The Morgan fingerprint density at radius 3 is 2.44 bits per heavy atom. The molecule has 0 aromatic rings. The Balaban J connectivity index is 3.74. The minimum atomic E-state index is 0.783. The maximum atomic E-state index is 4.55. The van der Waals surface area contributed by atoms with Crippen molar-refractivity contribution in [3.63, 3.8) is 0 Å². The van der Waals surface area contributed by atoms with Crippen molar-refractivity contribution in [3.05, 3.63) is 0 Å². The molecule has 3 nitrogen and oxygen atoms in total. The summed E-state index contributed by atoms with van der Waals surface area (Å²) in [5.41, 5.74) is 0. The summed E-state index contributed by atoms with van der Waals surface area (Å²) in [6, 6.07) is 0. The highest BCUT2D eigenvalue weighted by molar-refractivity contribution is 5.79. The van der Waals surface area contributed by atoms with Crippen molar-refractivity contribution in [1.82, 2.24) is 10.6 Å². The average Bonchev–Trinajstić information content (AvgIpc) is 2.24. The van der Waals surface area contributed by atoms with Gasteiger partial charge in [0.15, 0.2) is 5.96 Å². The molecule has 2 N–H and O–H groups in total. The second kappa shape index (κ2) is 10.8. The standard InChI is InChI=1S/C13H29N3/c1-5-7-10-15-13(14-6-2)16-11-8-9-12(3)4/h12H,5-11H2,1-4H3,(H2,14,15,16). The van der Waals surface area contributed by atoms with Gasteiger partial charge in [0.2, 0.25) is 0 Å². The van der Waals surface area contributed by atoms with Gasteiger partial charge >= 0.3 is 0 Å². The molecule has 0 rings (SSSR count).